The Balaban J connectivity index is 1.83. The highest BCUT2D eigenvalue weighted by molar-refractivity contribution is 5.96. The van der Waals surface area contributed by atoms with Gasteiger partial charge in [0.05, 0.1) is 0 Å². The maximum absolute atomic E-state index is 13.4. The Labute approximate surface area is 199 Å². The van der Waals surface area contributed by atoms with Crippen molar-refractivity contribution in [3.05, 3.63) is 46.9 Å². The molecule has 2 heterocycles. The first-order valence-electron chi connectivity index (χ1n) is 10.9. The third-order valence-electron chi connectivity index (χ3n) is 5.05. The number of piperidine rings is 1. The fraction of sp³-hybridized carbons (Fsp3) is 0.478. The van der Waals surface area contributed by atoms with Crippen LogP contribution in [-0.2, 0) is 10.9 Å². The number of nitrogens with zero attached hydrogens (tertiary/aromatic N) is 3. The molecule has 1 aliphatic rings. The normalized spacial score (nSPS) is 16.6. The van der Waals surface area contributed by atoms with E-state index in [0.29, 0.717) is 31.0 Å². The van der Waals surface area contributed by atoms with Crippen molar-refractivity contribution in [1.82, 2.24) is 20.4 Å². The van der Waals surface area contributed by atoms with Crippen LogP contribution in [0, 0.1) is 12.7 Å². The topological polar surface area (TPSA) is 93.6 Å². The quantitative estimate of drug-likeness (QED) is 0.605. The predicted octanol–water partition coefficient (Wildman–Crippen LogP) is 4.86. The smallest absolute Gasteiger partial charge is 0.435 e. The van der Waals surface area contributed by atoms with E-state index < -0.39 is 52.8 Å². The Hall–Kier alpha value is -3.44. The van der Waals surface area contributed by atoms with E-state index in [1.54, 1.807) is 20.8 Å². The zero-order chi connectivity index (χ0) is 26.0. The second-order valence-corrected chi connectivity index (χ2v) is 9.20. The molecule has 1 saturated heterocycles. The second-order valence-electron chi connectivity index (χ2n) is 9.20. The van der Waals surface area contributed by atoms with E-state index >= 15 is 0 Å². The Morgan fingerprint density at radius 2 is 1.86 bits per heavy atom. The van der Waals surface area contributed by atoms with Gasteiger partial charge in [-0.05, 0) is 70.4 Å². The summed E-state index contributed by atoms with van der Waals surface area (Å²) in [7, 11) is 0. The van der Waals surface area contributed by atoms with Crippen LogP contribution in [0.1, 0.15) is 55.2 Å². The minimum absolute atomic E-state index is 0.100. The number of hydrogen-bond acceptors (Lipinski definition) is 6. The summed E-state index contributed by atoms with van der Waals surface area (Å²) in [5.74, 6) is -1.78. The van der Waals surface area contributed by atoms with Gasteiger partial charge in [0, 0.05) is 19.1 Å². The number of hydrogen-bond donors (Lipinski definition) is 1. The van der Waals surface area contributed by atoms with Crippen LogP contribution < -0.4 is 10.1 Å². The van der Waals surface area contributed by atoms with Crippen LogP contribution >= 0.6 is 0 Å². The Morgan fingerprint density at radius 3 is 2.49 bits per heavy atom. The lowest BCUT2D eigenvalue weighted by atomic mass is 10.1. The van der Waals surface area contributed by atoms with E-state index in [4.69, 9.17) is 9.47 Å². The zero-order valence-corrected chi connectivity index (χ0v) is 19.7. The molecule has 1 atom stereocenters. The number of likely N-dealkylation sites (tertiary alicyclic amines) is 1. The summed E-state index contributed by atoms with van der Waals surface area (Å²) < 4.78 is 64.1. The summed E-state index contributed by atoms with van der Waals surface area (Å²) in [5.41, 5.74) is -2.22. The van der Waals surface area contributed by atoms with Crippen molar-refractivity contribution in [2.75, 3.05) is 13.1 Å². The number of aromatic nitrogens is 2. The number of ether oxygens (including phenoxy) is 2. The first kappa shape index (κ1) is 26.2. The summed E-state index contributed by atoms with van der Waals surface area (Å²) in [4.78, 5) is 26.8. The number of carbonyl (C=O) groups is 2. The summed E-state index contributed by atoms with van der Waals surface area (Å²) in [5, 5.41) is 9.25. The van der Waals surface area contributed by atoms with Crippen molar-refractivity contribution >= 4 is 12.0 Å². The number of aryl methyl sites for hydroxylation is 1. The monoisotopic (exact) mass is 498 g/mol. The molecular formula is C23H26F4N4O4. The predicted molar refractivity (Wildman–Crippen MR) is 117 cm³/mol. The molecule has 0 bridgehead atoms. The fourth-order valence-electron chi connectivity index (χ4n) is 3.44. The number of carbonyl (C=O) groups excluding carboxylic acids is 2. The van der Waals surface area contributed by atoms with Crippen molar-refractivity contribution in [1.29, 1.82) is 0 Å². The second kappa shape index (κ2) is 10.0. The van der Waals surface area contributed by atoms with Crippen LogP contribution in [0.15, 0.2) is 24.3 Å². The molecule has 0 aliphatic carbocycles. The highest BCUT2D eigenvalue weighted by atomic mass is 19.4. The Morgan fingerprint density at radius 1 is 1.14 bits per heavy atom. The molecule has 1 N–H and O–H groups in total. The van der Waals surface area contributed by atoms with Crippen molar-refractivity contribution in [3.63, 3.8) is 0 Å². The lowest BCUT2D eigenvalue weighted by Crippen LogP contribution is -2.50. The third-order valence-corrected chi connectivity index (χ3v) is 5.05. The van der Waals surface area contributed by atoms with Crippen molar-refractivity contribution in [2.45, 2.75) is 58.4 Å². The van der Waals surface area contributed by atoms with E-state index in [-0.39, 0.29) is 12.3 Å². The summed E-state index contributed by atoms with van der Waals surface area (Å²) >= 11 is 0. The minimum atomic E-state index is -4.84. The minimum Gasteiger partial charge on any atom is -0.444 e. The van der Waals surface area contributed by atoms with Crippen molar-refractivity contribution < 1.29 is 36.6 Å². The van der Waals surface area contributed by atoms with Crippen LogP contribution in [0.4, 0.5) is 22.4 Å². The van der Waals surface area contributed by atoms with Gasteiger partial charge in [0.15, 0.2) is 5.69 Å². The van der Waals surface area contributed by atoms with Gasteiger partial charge in [-0.25, -0.2) is 9.18 Å². The number of amides is 2. The van der Waals surface area contributed by atoms with Crippen LogP contribution in [0.2, 0.25) is 0 Å². The van der Waals surface area contributed by atoms with Crippen LogP contribution in [0.5, 0.6) is 11.6 Å². The lowest BCUT2D eigenvalue weighted by Gasteiger charge is -2.34. The highest BCUT2D eigenvalue weighted by Crippen LogP contribution is 2.32. The molecule has 1 aromatic carbocycles. The summed E-state index contributed by atoms with van der Waals surface area (Å²) in [6.45, 7) is 7.27. The van der Waals surface area contributed by atoms with Crippen LogP contribution in [0.3, 0.4) is 0 Å². The maximum Gasteiger partial charge on any atom is 0.435 e. The standard InChI is InChI=1S/C23H26F4N4O4/c1-13-10-14(24)7-8-17(13)34-20-16(11-18(29-30-20)23(25,26)27)19(32)28-15-6-5-9-31(12-15)21(33)35-22(2,3)4/h7-8,10-11,15H,5-6,9,12H2,1-4H3,(H,28,32). The molecule has 190 valence electrons. The first-order chi connectivity index (χ1) is 16.2. The summed E-state index contributed by atoms with van der Waals surface area (Å²) in [6, 6.07) is 3.55. The van der Waals surface area contributed by atoms with Gasteiger partial charge in [0.1, 0.15) is 22.7 Å². The Kier molecular flexibility index (Phi) is 7.51. The van der Waals surface area contributed by atoms with E-state index in [2.05, 4.69) is 15.5 Å². The van der Waals surface area contributed by atoms with Gasteiger partial charge in [0.25, 0.3) is 11.8 Å². The van der Waals surface area contributed by atoms with Gasteiger partial charge < -0.3 is 19.7 Å². The van der Waals surface area contributed by atoms with E-state index in [0.717, 1.165) is 6.07 Å². The van der Waals surface area contributed by atoms with Gasteiger partial charge >= 0.3 is 12.3 Å². The number of halogens is 4. The van der Waals surface area contributed by atoms with Crippen LogP contribution in [-0.4, -0.2) is 51.8 Å². The maximum atomic E-state index is 13.4. The first-order valence-corrected chi connectivity index (χ1v) is 10.9. The molecule has 0 saturated carbocycles. The van der Waals surface area contributed by atoms with E-state index in [9.17, 15) is 27.2 Å². The average molecular weight is 498 g/mol. The molecule has 2 aromatic rings. The van der Waals surface area contributed by atoms with Crippen LogP contribution in [0.25, 0.3) is 0 Å². The number of alkyl halides is 3. The largest absolute Gasteiger partial charge is 0.444 e. The van der Waals surface area contributed by atoms with Gasteiger partial charge in [-0.15, -0.1) is 10.2 Å². The molecular weight excluding hydrogens is 472 g/mol. The summed E-state index contributed by atoms with van der Waals surface area (Å²) in [6.07, 6.45) is -4.32. The molecule has 8 nitrogen and oxygen atoms in total. The highest BCUT2D eigenvalue weighted by Gasteiger charge is 2.36. The fourth-order valence-corrected chi connectivity index (χ4v) is 3.44. The number of nitrogens with one attached hydrogen (secondary N) is 1. The average Bonchev–Trinajstić information content (AvgIpc) is 2.74. The molecule has 0 spiro atoms. The van der Waals surface area contributed by atoms with Gasteiger partial charge in [-0.2, -0.15) is 13.2 Å². The van der Waals surface area contributed by atoms with Gasteiger partial charge in [-0.3, -0.25) is 4.79 Å². The molecule has 0 radical (unpaired) electrons. The molecule has 2 amide bonds. The SMILES string of the molecule is Cc1cc(F)ccc1Oc1nnc(C(F)(F)F)cc1C(=O)NC1CCCN(C(=O)OC(C)(C)C)C1. The molecule has 3 rings (SSSR count). The zero-order valence-electron chi connectivity index (χ0n) is 19.7. The third kappa shape index (κ3) is 7.03. The number of benzene rings is 1. The van der Waals surface area contributed by atoms with Crippen molar-refractivity contribution in [2.24, 2.45) is 0 Å². The molecule has 1 aromatic heterocycles. The number of rotatable bonds is 4. The van der Waals surface area contributed by atoms with E-state index in [1.165, 1.54) is 24.0 Å². The van der Waals surface area contributed by atoms with Gasteiger partial charge in [0.2, 0.25) is 0 Å². The molecule has 1 aliphatic heterocycles. The molecule has 1 fully saturated rings. The lowest BCUT2D eigenvalue weighted by molar-refractivity contribution is -0.141. The molecule has 35 heavy (non-hydrogen) atoms. The van der Waals surface area contributed by atoms with E-state index in [1.807, 2.05) is 0 Å². The molecule has 12 heteroatoms. The Bertz CT molecular complexity index is 1100. The van der Waals surface area contributed by atoms with Gasteiger partial charge in [-0.1, -0.05) is 0 Å². The van der Waals surface area contributed by atoms with Crippen molar-refractivity contribution in [3.8, 4) is 11.6 Å². The molecule has 1 unspecified atom stereocenters.